The van der Waals surface area contributed by atoms with Gasteiger partial charge in [0, 0.05) is 15.5 Å². The Kier molecular flexibility index (Phi) is 7.79. The quantitative estimate of drug-likeness (QED) is 0.441. The lowest BCUT2D eigenvalue weighted by molar-refractivity contribution is -0.203. The van der Waals surface area contributed by atoms with E-state index in [0.29, 0.717) is 16.9 Å². The van der Waals surface area contributed by atoms with Gasteiger partial charge in [-0.1, -0.05) is 18.5 Å². The number of hydrogen-bond donors (Lipinski definition) is 2. The average molecular weight is 493 g/mol. The number of alkyl halides is 3. The Morgan fingerprint density at radius 3 is 2.16 bits per heavy atom. The van der Waals surface area contributed by atoms with Crippen molar-refractivity contribution in [2.24, 2.45) is 0 Å². The zero-order chi connectivity index (χ0) is 24.3. The fraction of sp³-hybridized carbons (Fsp3) is 0.350. The van der Waals surface area contributed by atoms with Crippen LogP contribution in [0.3, 0.4) is 0 Å². The molecule has 0 bridgehead atoms. The van der Waals surface area contributed by atoms with E-state index >= 15 is 0 Å². The van der Waals surface area contributed by atoms with Gasteiger partial charge in [-0.25, -0.2) is 9.59 Å². The Bertz CT molecular complexity index is 1020. The fourth-order valence-corrected chi connectivity index (χ4v) is 4.28. The van der Waals surface area contributed by atoms with Crippen molar-refractivity contribution < 1.29 is 37.0 Å². The summed E-state index contributed by atoms with van der Waals surface area (Å²) in [6, 6.07) is 5.01. The Hall–Kier alpha value is -2.79. The van der Waals surface area contributed by atoms with Crippen molar-refractivity contribution in [1.82, 2.24) is 5.32 Å². The van der Waals surface area contributed by atoms with Crippen LogP contribution in [-0.2, 0) is 20.7 Å². The van der Waals surface area contributed by atoms with E-state index in [9.17, 15) is 27.6 Å². The molecule has 1 aromatic heterocycles. The third kappa shape index (κ3) is 4.83. The Labute approximate surface area is 190 Å². The lowest BCUT2D eigenvalue weighted by Crippen LogP contribution is -2.69. The number of ether oxygens (including phenoxy) is 2. The average Bonchev–Trinajstić information content (AvgIpc) is 3.06. The minimum atomic E-state index is -5.36. The van der Waals surface area contributed by atoms with E-state index in [0.717, 1.165) is 25.6 Å². The third-order valence-electron chi connectivity index (χ3n) is 4.58. The van der Waals surface area contributed by atoms with Gasteiger partial charge in [0.2, 0.25) is 0 Å². The summed E-state index contributed by atoms with van der Waals surface area (Å²) in [5, 5.41) is 3.69. The number of halogens is 4. The van der Waals surface area contributed by atoms with Crippen LogP contribution in [0.4, 0.5) is 18.2 Å². The van der Waals surface area contributed by atoms with E-state index in [1.807, 2.05) is 5.32 Å². The number of methoxy groups -OCH3 is 2. The maximum atomic E-state index is 14.3. The van der Waals surface area contributed by atoms with Crippen molar-refractivity contribution in [3.8, 4) is 0 Å². The van der Waals surface area contributed by atoms with Crippen LogP contribution in [0, 0.1) is 6.92 Å². The molecule has 1 atom stereocenters. The first-order chi connectivity index (χ1) is 14.9. The van der Waals surface area contributed by atoms with Crippen molar-refractivity contribution in [3.05, 3.63) is 50.9 Å². The monoisotopic (exact) mass is 492 g/mol. The summed E-state index contributed by atoms with van der Waals surface area (Å²) in [5.41, 5.74) is -3.58. The van der Waals surface area contributed by atoms with Gasteiger partial charge in [-0.15, -0.1) is 11.3 Å². The highest BCUT2D eigenvalue weighted by atomic mass is 35.5. The highest BCUT2D eigenvalue weighted by Gasteiger charge is 2.64. The van der Waals surface area contributed by atoms with Crippen LogP contribution in [-0.4, -0.2) is 43.9 Å². The molecule has 0 spiro atoms. The number of carbonyl (C=O) groups excluding carboxylic acids is 3. The van der Waals surface area contributed by atoms with Crippen LogP contribution < -0.4 is 10.6 Å². The maximum Gasteiger partial charge on any atom is 0.441 e. The second kappa shape index (κ2) is 9.78. The molecule has 7 nitrogen and oxygen atoms in total. The highest BCUT2D eigenvalue weighted by Crippen LogP contribution is 2.40. The first kappa shape index (κ1) is 25.5. The minimum Gasteiger partial charge on any atom is -0.466 e. The molecule has 0 saturated carbocycles. The largest absolute Gasteiger partial charge is 0.466 e. The van der Waals surface area contributed by atoms with Crippen LogP contribution in [0.15, 0.2) is 24.3 Å². The van der Waals surface area contributed by atoms with Crippen molar-refractivity contribution in [3.63, 3.8) is 0 Å². The van der Waals surface area contributed by atoms with Gasteiger partial charge in [0.15, 0.2) is 0 Å². The standard InChI is InChI=1S/C20H20ClF3N2O5S/c1-5-13-10(2)32-16(14(13)17(28)30-3)26-19(18(29)31-4,20(22,23)24)25-15(27)11-6-8-12(21)9-7-11/h6-9,26H,5H2,1-4H3,(H,25,27)/t19-/m0/s1. The number of rotatable bonds is 7. The van der Waals surface area contributed by atoms with Gasteiger partial charge >= 0.3 is 23.8 Å². The SMILES string of the molecule is CCc1c(C)sc(N[C@@](NC(=O)c2ccc(Cl)cc2)(C(=O)OC)C(F)(F)F)c1C(=O)OC. The molecule has 0 aliphatic rings. The maximum absolute atomic E-state index is 14.3. The van der Waals surface area contributed by atoms with E-state index in [2.05, 4.69) is 4.74 Å². The highest BCUT2D eigenvalue weighted by molar-refractivity contribution is 7.16. The normalized spacial score (nSPS) is 13.1. The first-order valence-electron chi connectivity index (χ1n) is 9.13. The van der Waals surface area contributed by atoms with Crippen LogP contribution in [0.2, 0.25) is 5.02 Å². The zero-order valence-corrected chi connectivity index (χ0v) is 19.1. The van der Waals surface area contributed by atoms with Gasteiger partial charge in [0.25, 0.3) is 5.91 Å². The molecule has 0 aliphatic carbocycles. The number of hydrogen-bond acceptors (Lipinski definition) is 7. The lowest BCUT2D eigenvalue weighted by Gasteiger charge is -2.34. The van der Waals surface area contributed by atoms with Crippen LogP contribution in [0.25, 0.3) is 0 Å². The number of anilines is 1. The van der Waals surface area contributed by atoms with E-state index in [1.54, 1.807) is 19.2 Å². The summed E-state index contributed by atoms with van der Waals surface area (Å²) in [6.07, 6.45) is -5.04. The van der Waals surface area contributed by atoms with Gasteiger partial charge in [-0.05, 0) is 43.2 Å². The molecule has 0 fully saturated rings. The lowest BCUT2D eigenvalue weighted by atomic mass is 10.1. The topological polar surface area (TPSA) is 93.7 Å². The molecule has 0 unspecified atom stereocenters. The molecule has 2 N–H and O–H groups in total. The molecule has 12 heteroatoms. The molecule has 2 rings (SSSR count). The molecule has 0 aliphatic heterocycles. The van der Waals surface area contributed by atoms with Gasteiger partial charge in [-0.2, -0.15) is 13.2 Å². The Balaban J connectivity index is 2.65. The number of aryl methyl sites for hydroxylation is 1. The smallest absolute Gasteiger partial charge is 0.441 e. The van der Waals surface area contributed by atoms with Crippen LogP contribution in [0.5, 0.6) is 0 Å². The van der Waals surface area contributed by atoms with Gasteiger partial charge < -0.3 is 20.1 Å². The van der Waals surface area contributed by atoms with Crippen molar-refractivity contribution in [2.75, 3.05) is 19.5 Å². The molecule has 1 heterocycles. The van der Waals surface area contributed by atoms with Crippen molar-refractivity contribution >= 4 is 45.8 Å². The van der Waals surface area contributed by atoms with Gasteiger partial charge in [-0.3, -0.25) is 4.79 Å². The molecule has 32 heavy (non-hydrogen) atoms. The molecule has 1 aromatic carbocycles. The van der Waals surface area contributed by atoms with Crippen LogP contribution >= 0.6 is 22.9 Å². The van der Waals surface area contributed by atoms with Crippen molar-refractivity contribution in [2.45, 2.75) is 32.1 Å². The van der Waals surface area contributed by atoms with E-state index < -0.39 is 29.7 Å². The molecule has 2 aromatic rings. The number of esters is 2. The van der Waals surface area contributed by atoms with E-state index in [-0.39, 0.29) is 21.2 Å². The van der Waals surface area contributed by atoms with E-state index in [4.69, 9.17) is 16.3 Å². The number of amides is 1. The second-order valence-electron chi connectivity index (χ2n) is 6.51. The predicted octanol–water partition coefficient (Wildman–Crippen LogP) is 4.33. The second-order valence-corrected chi connectivity index (χ2v) is 8.17. The molecule has 1 amide bonds. The van der Waals surface area contributed by atoms with E-state index in [1.165, 1.54) is 24.3 Å². The number of benzene rings is 1. The third-order valence-corrected chi connectivity index (χ3v) is 5.89. The summed E-state index contributed by atoms with van der Waals surface area (Å²) in [4.78, 5) is 38.0. The molecule has 174 valence electrons. The fourth-order valence-electron chi connectivity index (χ4n) is 2.97. The van der Waals surface area contributed by atoms with Crippen molar-refractivity contribution in [1.29, 1.82) is 0 Å². The summed E-state index contributed by atoms with van der Waals surface area (Å²) in [7, 11) is 1.83. The van der Waals surface area contributed by atoms with Gasteiger partial charge in [0.05, 0.1) is 19.8 Å². The molecule has 0 radical (unpaired) electrons. The summed E-state index contributed by atoms with van der Waals surface area (Å²) in [6.45, 7) is 3.33. The summed E-state index contributed by atoms with van der Waals surface area (Å²) >= 11 is 6.57. The van der Waals surface area contributed by atoms with Gasteiger partial charge in [0.1, 0.15) is 5.00 Å². The minimum absolute atomic E-state index is 0.157. The predicted molar refractivity (Wildman–Crippen MR) is 113 cm³/mol. The molecular formula is C20H20ClF3N2O5S. The number of thiophene rings is 1. The molecule has 0 saturated heterocycles. The van der Waals surface area contributed by atoms with Crippen LogP contribution in [0.1, 0.15) is 38.1 Å². The molecular weight excluding hydrogens is 473 g/mol. The Morgan fingerprint density at radius 1 is 1.09 bits per heavy atom. The number of carbonyl (C=O) groups is 3. The summed E-state index contributed by atoms with van der Waals surface area (Å²) < 4.78 is 52.1. The number of nitrogens with one attached hydrogen (secondary N) is 2. The summed E-state index contributed by atoms with van der Waals surface area (Å²) in [5.74, 6) is -3.94. The zero-order valence-electron chi connectivity index (χ0n) is 17.5. The Morgan fingerprint density at radius 2 is 1.69 bits per heavy atom. The first-order valence-corrected chi connectivity index (χ1v) is 10.3.